The van der Waals surface area contributed by atoms with Crippen molar-refractivity contribution in [3.63, 3.8) is 0 Å². The molecular formula is C21H27N3O4. The minimum absolute atomic E-state index is 0.197. The molecule has 6 N–H and O–H groups in total. The van der Waals surface area contributed by atoms with Crippen LogP contribution in [0, 0.1) is 11.8 Å². The second-order valence-electron chi connectivity index (χ2n) is 7.14. The highest BCUT2D eigenvalue weighted by Gasteiger charge is 2.29. The molecule has 0 radical (unpaired) electrons. The molecule has 1 fully saturated rings. The Balaban J connectivity index is 1.64. The summed E-state index contributed by atoms with van der Waals surface area (Å²) in [5.74, 6) is 5.43. The van der Waals surface area contributed by atoms with Gasteiger partial charge in [0.05, 0.1) is 0 Å². The summed E-state index contributed by atoms with van der Waals surface area (Å²) in [6, 6.07) is 14.7. The van der Waals surface area contributed by atoms with Crippen molar-refractivity contribution in [1.29, 1.82) is 0 Å². The van der Waals surface area contributed by atoms with Gasteiger partial charge in [0.25, 0.3) is 5.91 Å². The van der Waals surface area contributed by atoms with Gasteiger partial charge in [-0.05, 0) is 61.2 Å². The molecule has 7 nitrogen and oxygen atoms in total. The molecule has 0 aromatic heterocycles. The molecule has 1 aliphatic rings. The van der Waals surface area contributed by atoms with Gasteiger partial charge in [0.1, 0.15) is 12.4 Å². The summed E-state index contributed by atoms with van der Waals surface area (Å²) >= 11 is 0. The molecule has 1 saturated heterocycles. The number of rotatable bonds is 8. The molecule has 2 aromatic rings. The van der Waals surface area contributed by atoms with Gasteiger partial charge < -0.3 is 20.3 Å². The van der Waals surface area contributed by atoms with E-state index < -0.39 is 6.29 Å². The lowest BCUT2D eigenvalue weighted by Gasteiger charge is -2.25. The van der Waals surface area contributed by atoms with Crippen molar-refractivity contribution >= 4 is 5.91 Å². The maximum Gasteiger partial charge on any atom is 0.265 e. The molecule has 0 saturated carbocycles. The van der Waals surface area contributed by atoms with Crippen molar-refractivity contribution in [2.45, 2.75) is 25.7 Å². The van der Waals surface area contributed by atoms with E-state index in [1.54, 1.807) is 24.3 Å². The molecule has 150 valence electrons. The molecule has 3 rings (SSSR count). The van der Waals surface area contributed by atoms with Gasteiger partial charge in [-0.15, -0.1) is 0 Å². The largest absolute Gasteiger partial charge is 0.489 e. The van der Waals surface area contributed by atoms with Gasteiger partial charge >= 0.3 is 0 Å². The maximum absolute atomic E-state index is 11.6. The fourth-order valence-electron chi connectivity index (χ4n) is 3.65. The molecule has 0 aliphatic carbocycles. The summed E-state index contributed by atoms with van der Waals surface area (Å²) in [5.41, 5.74) is 4.55. The zero-order valence-electron chi connectivity index (χ0n) is 15.7. The van der Waals surface area contributed by atoms with Crippen LogP contribution in [0.3, 0.4) is 0 Å². The van der Waals surface area contributed by atoms with E-state index in [4.69, 9.17) is 10.6 Å². The number of carbonyl (C=O) groups is 1. The number of aliphatic hydroxyl groups is 2. The lowest BCUT2D eigenvalue weighted by molar-refractivity contribution is -0.0979. The SMILES string of the molecule is NNC(=O)c1cccc(OCc2cccc(C[C@H](C(O)O)[C@H]3CCNC3)c2)c1. The van der Waals surface area contributed by atoms with Gasteiger partial charge in [0, 0.05) is 11.5 Å². The molecule has 2 aromatic carbocycles. The Morgan fingerprint density at radius 1 is 1.21 bits per heavy atom. The molecule has 1 aliphatic heterocycles. The number of ether oxygens (including phenoxy) is 1. The first kappa shape index (κ1) is 20.3. The normalized spacial score (nSPS) is 17.5. The van der Waals surface area contributed by atoms with E-state index in [9.17, 15) is 15.0 Å². The standard InChI is InChI=1S/C21H27N3O4/c22-24-20(25)16-5-2-6-18(11-16)28-13-15-4-1-3-14(9-15)10-19(21(26)27)17-7-8-23-12-17/h1-6,9,11,17,19,21,23,26-27H,7-8,10,12-13,22H2,(H,24,25)/t17-,19-/m0/s1. The van der Waals surface area contributed by atoms with Crippen molar-refractivity contribution in [2.75, 3.05) is 13.1 Å². The van der Waals surface area contributed by atoms with Crippen LogP contribution in [-0.4, -0.2) is 35.5 Å². The number of carbonyl (C=O) groups excluding carboxylic acids is 1. The van der Waals surface area contributed by atoms with Crippen LogP contribution in [0.4, 0.5) is 0 Å². The van der Waals surface area contributed by atoms with Crippen LogP contribution in [-0.2, 0) is 13.0 Å². The monoisotopic (exact) mass is 385 g/mol. The second-order valence-corrected chi connectivity index (χ2v) is 7.14. The Kier molecular flexibility index (Phi) is 7.00. The Bertz CT molecular complexity index is 791. The van der Waals surface area contributed by atoms with Gasteiger partial charge in [-0.2, -0.15) is 0 Å². The number of benzene rings is 2. The summed E-state index contributed by atoms with van der Waals surface area (Å²) in [5, 5.41) is 22.9. The average Bonchev–Trinajstić information content (AvgIpc) is 3.24. The quantitative estimate of drug-likeness (QED) is 0.200. The molecule has 2 atom stereocenters. The zero-order valence-corrected chi connectivity index (χ0v) is 15.7. The highest BCUT2D eigenvalue weighted by atomic mass is 16.5. The smallest absolute Gasteiger partial charge is 0.265 e. The number of hydrazine groups is 1. The van der Waals surface area contributed by atoms with E-state index in [0.29, 0.717) is 24.3 Å². The molecule has 1 amide bonds. The van der Waals surface area contributed by atoms with Crippen LogP contribution < -0.4 is 21.3 Å². The third-order valence-electron chi connectivity index (χ3n) is 5.18. The summed E-state index contributed by atoms with van der Waals surface area (Å²) < 4.78 is 5.81. The zero-order chi connectivity index (χ0) is 19.9. The van der Waals surface area contributed by atoms with Crippen LogP contribution in [0.25, 0.3) is 0 Å². The first-order valence-electron chi connectivity index (χ1n) is 9.45. The molecule has 0 spiro atoms. The summed E-state index contributed by atoms with van der Waals surface area (Å²) in [7, 11) is 0. The molecular weight excluding hydrogens is 358 g/mol. The molecule has 0 unspecified atom stereocenters. The van der Waals surface area contributed by atoms with Gasteiger partial charge in [0.2, 0.25) is 0 Å². The predicted octanol–water partition coefficient (Wildman–Crippen LogP) is 0.948. The fraction of sp³-hybridized carbons (Fsp3) is 0.381. The van der Waals surface area contributed by atoms with Crippen molar-refractivity contribution in [2.24, 2.45) is 17.7 Å². The fourth-order valence-corrected chi connectivity index (χ4v) is 3.65. The van der Waals surface area contributed by atoms with Gasteiger partial charge in [-0.1, -0.05) is 30.3 Å². The summed E-state index contributed by atoms with van der Waals surface area (Å²) in [6.07, 6.45) is 0.225. The minimum Gasteiger partial charge on any atom is -0.489 e. The third kappa shape index (κ3) is 5.30. The maximum atomic E-state index is 11.6. The Labute approximate surface area is 164 Å². The van der Waals surface area contributed by atoms with Crippen LogP contribution in [0.5, 0.6) is 5.75 Å². The topological polar surface area (TPSA) is 117 Å². The number of nitrogens with two attached hydrogens (primary N) is 1. The lowest BCUT2D eigenvalue weighted by Crippen LogP contribution is -2.31. The first-order valence-corrected chi connectivity index (χ1v) is 9.45. The number of hydrogen-bond acceptors (Lipinski definition) is 6. The molecule has 1 heterocycles. The number of nitrogens with one attached hydrogen (secondary N) is 2. The Morgan fingerprint density at radius 2 is 2.00 bits per heavy atom. The Morgan fingerprint density at radius 3 is 2.71 bits per heavy atom. The number of hydrogen-bond donors (Lipinski definition) is 5. The van der Waals surface area contributed by atoms with Crippen molar-refractivity contribution < 1.29 is 19.7 Å². The molecule has 7 heteroatoms. The van der Waals surface area contributed by atoms with E-state index in [-0.39, 0.29) is 17.7 Å². The summed E-state index contributed by atoms with van der Waals surface area (Å²) in [6.45, 7) is 2.08. The van der Waals surface area contributed by atoms with Gasteiger partial charge in [-0.25, -0.2) is 5.84 Å². The minimum atomic E-state index is -1.33. The third-order valence-corrected chi connectivity index (χ3v) is 5.18. The Hall–Kier alpha value is -2.45. The van der Waals surface area contributed by atoms with Gasteiger partial charge in [0.15, 0.2) is 6.29 Å². The highest BCUT2D eigenvalue weighted by Crippen LogP contribution is 2.26. The van der Waals surface area contributed by atoms with E-state index in [2.05, 4.69) is 10.7 Å². The number of nitrogen functional groups attached to an aromatic ring is 1. The van der Waals surface area contributed by atoms with Crippen LogP contribution in [0.15, 0.2) is 48.5 Å². The van der Waals surface area contributed by atoms with E-state index >= 15 is 0 Å². The summed E-state index contributed by atoms with van der Waals surface area (Å²) in [4.78, 5) is 11.6. The van der Waals surface area contributed by atoms with Crippen LogP contribution in [0.2, 0.25) is 0 Å². The highest BCUT2D eigenvalue weighted by molar-refractivity contribution is 5.94. The lowest BCUT2D eigenvalue weighted by atomic mass is 9.85. The van der Waals surface area contributed by atoms with E-state index in [1.807, 2.05) is 24.3 Å². The van der Waals surface area contributed by atoms with Gasteiger partial charge in [-0.3, -0.25) is 10.2 Å². The number of aliphatic hydroxyl groups excluding tert-OH is 1. The van der Waals surface area contributed by atoms with E-state index in [1.165, 1.54) is 0 Å². The van der Waals surface area contributed by atoms with Crippen molar-refractivity contribution in [1.82, 2.24) is 10.7 Å². The average molecular weight is 385 g/mol. The van der Waals surface area contributed by atoms with E-state index in [0.717, 1.165) is 30.6 Å². The van der Waals surface area contributed by atoms with Crippen LogP contribution in [0.1, 0.15) is 27.9 Å². The molecule has 0 bridgehead atoms. The predicted molar refractivity (Wildman–Crippen MR) is 105 cm³/mol. The van der Waals surface area contributed by atoms with Crippen molar-refractivity contribution in [3.05, 3.63) is 65.2 Å². The van der Waals surface area contributed by atoms with Crippen molar-refractivity contribution in [3.8, 4) is 5.75 Å². The molecule has 28 heavy (non-hydrogen) atoms. The van der Waals surface area contributed by atoms with Crippen LogP contribution >= 0.6 is 0 Å². The number of amides is 1. The first-order chi connectivity index (χ1) is 13.6. The second kappa shape index (κ2) is 9.66.